The van der Waals surface area contributed by atoms with Crippen LogP contribution in [0.2, 0.25) is 0 Å². The van der Waals surface area contributed by atoms with E-state index in [1.807, 2.05) is 24.3 Å². The van der Waals surface area contributed by atoms with Crippen LogP contribution in [0, 0.1) is 17.8 Å². The van der Waals surface area contributed by atoms with Crippen molar-refractivity contribution in [3.8, 4) is 11.5 Å². The number of benzene rings is 1. The number of allylic oxidation sites excluding steroid dienone is 1. The molecule has 1 aromatic rings. The van der Waals surface area contributed by atoms with Crippen molar-refractivity contribution in [1.82, 2.24) is 0 Å². The summed E-state index contributed by atoms with van der Waals surface area (Å²) >= 11 is 0. The Bertz CT molecular complexity index is 421. The average molecular weight is 230 g/mol. The third-order valence-electron chi connectivity index (χ3n) is 4.10. The molecule has 0 heterocycles. The van der Waals surface area contributed by atoms with Crippen molar-refractivity contribution in [3.05, 3.63) is 36.4 Å². The second kappa shape index (κ2) is 4.10. The van der Waals surface area contributed by atoms with E-state index in [2.05, 4.69) is 19.1 Å². The second-order valence-electron chi connectivity index (χ2n) is 5.07. The highest BCUT2D eigenvalue weighted by molar-refractivity contribution is 5.31. The molecule has 1 aromatic carbocycles. The maximum Gasteiger partial charge on any atom is 0.120 e. The lowest BCUT2D eigenvalue weighted by Gasteiger charge is -2.25. The number of methoxy groups -OCH3 is 1. The third-order valence-corrected chi connectivity index (χ3v) is 4.10. The zero-order chi connectivity index (χ0) is 11.8. The van der Waals surface area contributed by atoms with Crippen molar-refractivity contribution < 1.29 is 9.47 Å². The normalized spacial score (nSPS) is 34.0. The smallest absolute Gasteiger partial charge is 0.120 e. The lowest BCUT2D eigenvalue weighted by molar-refractivity contribution is 0.130. The molecule has 2 heteroatoms. The highest BCUT2D eigenvalue weighted by Gasteiger charge is 2.43. The fourth-order valence-electron chi connectivity index (χ4n) is 3.03. The van der Waals surface area contributed by atoms with E-state index in [-0.39, 0.29) is 0 Å². The Morgan fingerprint density at radius 3 is 2.24 bits per heavy atom. The van der Waals surface area contributed by atoms with Gasteiger partial charge in [-0.3, -0.25) is 0 Å². The van der Waals surface area contributed by atoms with Gasteiger partial charge in [0.05, 0.1) is 7.11 Å². The van der Waals surface area contributed by atoms with Crippen LogP contribution in [0.4, 0.5) is 0 Å². The van der Waals surface area contributed by atoms with Gasteiger partial charge in [-0.2, -0.15) is 0 Å². The Kier molecular flexibility index (Phi) is 2.58. The first-order valence-corrected chi connectivity index (χ1v) is 6.27. The Balaban J connectivity index is 1.72. The summed E-state index contributed by atoms with van der Waals surface area (Å²) in [5, 5.41) is 0. The second-order valence-corrected chi connectivity index (χ2v) is 5.07. The van der Waals surface area contributed by atoms with Crippen LogP contribution in [0.5, 0.6) is 11.5 Å². The maximum absolute atomic E-state index is 6.11. The lowest BCUT2D eigenvalue weighted by atomic mass is 9.93. The Labute approximate surface area is 102 Å². The van der Waals surface area contributed by atoms with E-state index in [9.17, 15) is 0 Å². The van der Waals surface area contributed by atoms with E-state index in [1.54, 1.807) is 7.11 Å². The first kappa shape index (κ1) is 10.7. The molecule has 17 heavy (non-hydrogen) atoms. The van der Waals surface area contributed by atoms with E-state index in [4.69, 9.17) is 9.47 Å². The SMILES string of the molecule is COc1ccc(O[C@H]2[C@@H](C)[C@H]3C=C[C@@H]2C3)cc1. The van der Waals surface area contributed by atoms with Gasteiger partial charge in [0, 0.05) is 5.92 Å². The summed E-state index contributed by atoms with van der Waals surface area (Å²) in [6.07, 6.45) is 6.28. The summed E-state index contributed by atoms with van der Waals surface area (Å²) < 4.78 is 11.3. The van der Waals surface area contributed by atoms with Gasteiger partial charge in [-0.15, -0.1) is 0 Å². The fraction of sp³-hybridized carbons (Fsp3) is 0.467. The molecule has 3 rings (SSSR count). The molecule has 0 aliphatic heterocycles. The zero-order valence-electron chi connectivity index (χ0n) is 10.3. The number of hydrogen-bond acceptors (Lipinski definition) is 2. The highest BCUT2D eigenvalue weighted by atomic mass is 16.5. The summed E-state index contributed by atoms with van der Waals surface area (Å²) in [5.41, 5.74) is 0. The van der Waals surface area contributed by atoms with Gasteiger partial charge in [0.2, 0.25) is 0 Å². The van der Waals surface area contributed by atoms with Crippen molar-refractivity contribution in [2.75, 3.05) is 7.11 Å². The average Bonchev–Trinajstić information content (AvgIpc) is 2.94. The number of fused-ring (bicyclic) bond motifs is 2. The molecular formula is C15H18O2. The van der Waals surface area contributed by atoms with Crippen LogP contribution in [0.15, 0.2) is 36.4 Å². The van der Waals surface area contributed by atoms with Gasteiger partial charge >= 0.3 is 0 Å². The molecule has 1 saturated carbocycles. The summed E-state index contributed by atoms with van der Waals surface area (Å²) in [5.74, 6) is 3.79. The molecule has 4 atom stereocenters. The topological polar surface area (TPSA) is 18.5 Å². The van der Waals surface area contributed by atoms with Crippen molar-refractivity contribution in [1.29, 1.82) is 0 Å². The van der Waals surface area contributed by atoms with Crippen LogP contribution >= 0.6 is 0 Å². The van der Waals surface area contributed by atoms with E-state index in [1.165, 1.54) is 6.42 Å². The molecule has 0 aromatic heterocycles. The Hall–Kier alpha value is -1.44. The van der Waals surface area contributed by atoms with E-state index in [0.29, 0.717) is 17.9 Å². The minimum atomic E-state index is 0.346. The van der Waals surface area contributed by atoms with Gasteiger partial charge in [-0.05, 0) is 42.5 Å². The van der Waals surface area contributed by atoms with Gasteiger partial charge in [0.15, 0.2) is 0 Å². The summed E-state index contributed by atoms with van der Waals surface area (Å²) in [6, 6.07) is 7.87. The van der Waals surface area contributed by atoms with Crippen LogP contribution in [0.3, 0.4) is 0 Å². The van der Waals surface area contributed by atoms with Gasteiger partial charge in [-0.1, -0.05) is 19.1 Å². The molecule has 2 bridgehead atoms. The van der Waals surface area contributed by atoms with E-state index >= 15 is 0 Å². The van der Waals surface area contributed by atoms with Gasteiger partial charge < -0.3 is 9.47 Å². The third kappa shape index (κ3) is 1.82. The predicted octanol–water partition coefficient (Wildman–Crippen LogP) is 3.28. The number of hydrogen-bond donors (Lipinski definition) is 0. The first-order chi connectivity index (χ1) is 8.28. The van der Waals surface area contributed by atoms with Gasteiger partial charge in [0.1, 0.15) is 17.6 Å². The van der Waals surface area contributed by atoms with Crippen LogP contribution in [-0.4, -0.2) is 13.2 Å². The molecular weight excluding hydrogens is 212 g/mol. The van der Waals surface area contributed by atoms with Crippen molar-refractivity contribution in [2.24, 2.45) is 17.8 Å². The summed E-state index contributed by atoms with van der Waals surface area (Å²) in [4.78, 5) is 0. The summed E-state index contributed by atoms with van der Waals surface area (Å²) in [6.45, 7) is 2.29. The standard InChI is InChI=1S/C15H18O2/c1-10-11-3-4-12(9-11)15(10)17-14-7-5-13(16-2)6-8-14/h3-8,10-12,15H,9H2,1-2H3/t10-,11-,12+,15-/m0/s1. The van der Waals surface area contributed by atoms with Crippen molar-refractivity contribution in [3.63, 3.8) is 0 Å². The van der Waals surface area contributed by atoms with Crippen molar-refractivity contribution >= 4 is 0 Å². The van der Waals surface area contributed by atoms with Crippen molar-refractivity contribution in [2.45, 2.75) is 19.4 Å². The van der Waals surface area contributed by atoms with E-state index < -0.39 is 0 Å². The first-order valence-electron chi connectivity index (χ1n) is 6.27. The molecule has 2 aliphatic carbocycles. The number of ether oxygens (including phenoxy) is 2. The minimum Gasteiger partial charge on any atom is -0.497 e. The predicted molar refractivity (Wildman–Crippen MR) is 67.3 cm³/mol. The molecule has 90 valence electrons. The largest absolute Gasteiger partial charge is 0.497 e. The maximum atomic E-state index is 6.11. The minimum absolute atomic E-state index is 0.346. The molecule has 0 N–H and O–H groups in total. The van der Waals surface area contributed by atoms with Gasteiger partial charge in [0.25, 0.3) is 0 Å². The molecule has 0 saturated heterocycles. The van der Waals surface area contributed by atoms with Crippen LogP contribution in [0.25, 0.3) is 0 Å². The Morgan fingerprint density at radius 1 is 1.00 bits per heavy atom. The van der Waals surface area contributed by atoms with Crippen LogP contribution < -0.4 is 9.47 Å². The summed E-state index contributed by atoms with van der Waals surface area (Å²) in [7, 11) is 1.68. The highest BCUT2D eigenvalue weighted by Crippen LogP contribution is 2.45. The molecule has 0 unspecified atom stereocenters. The number of rotatable bonds is 3. The molecule has 2 nitrogen and oxygen atoms in total. The molecule has 0 spiro atoms. The van der Waals surface area contributed by atoms with Gasteiger partial charge in [-0.25, -0.2) is 0 Å². The molecule has 1 fully saturated rings. The van der Waals surface area contributed by atoms with E-state index in [0.717, 1.165) is 17.4 Å². The zero-order valence-corrected chi connectivity index (χ0v) is 10.3. The monoisotopic (exact) mass is 230 g/mol. The molecule has 0 radical (unpaired) electrons. The molecule has 0 amide bonds. The molecule has 2 aliphatic rings. The van der Waals surface area contributed by atoms with Crippen LogP contribution in [0.1, 0.15) is 13.3 Å². The Morgan fingerprint density at radius 2 is 1.65 bits per heavy atom. The lowest BCUT2D eigenvalue weighted by Crippen LogP contribution is -2.28. The quantitative estimate of drug-likeness (QED) is 0.742. The fourth-order valence-corrected chi connectivity index (χ4v) is 3.03. The van der Waals surface area contributed by atoms with Crippen LogP contribution in [-0.2, 0) is 0 Å².